The zero-order chi connectivity index (χ0) is 10.3. The highest BCUT2D eigenvalue weighted by molar-refractivity contribution is 5.93. The van der Waals surface area contributed by atoms with E-state index in [1.807, 2.05) is 0 Å². The lowest BCUT2D eigenvalue weighted by molar-refractivity contribution is -0.147. The van der Waals surface area contributed by atoms with E-state index in [0.717, 1.165) is 0 Å². The molecular weight excluding hydrogens is 174 g/mol. The number of amides is 1. The number of hydrogen-bond donors (Lipinski definition) is 3. The van der Waals surface area contributed by atoms with Crippen molar-refractivity contribution in [2.75, 3.05) is 6.54 Å². The van der Waals surface area contributed by atoms with Crippen molar-refractivity contribution in [3.05, 3.63) is 0 Å². The summed E-state index contributed by atoms with van der Waals surface area (Å²) >= 11 is 0. The van der Waals surface area contributed by atoms with E-state index in [4.69, 9.17) is 10.2 Å². The summed E-state index contributed by atoms with van der Waals surface area (Å²) in [6, 6.07) is 0. The van der Waals surface area contributed by atoms with Crippen LogP contribution in [0.15, 0.2) is 0 Å². The topological polar surface area (TPSA) is 86.6 Å². The van der Waals surface area contributed by atoms with Crippen LogP contribution in [0, 0.1) is 11.8 Å². The molecule has 0 bridgehead atoms. The third-order valence-electron chi connectivity index (χ3n) is 1.23. The molecule has 0 aromatic heterocycles. The molecule has 5 nitrogen and oxygen atoms in total. The minimum atomic E-state index is -1.44. The Hall–Kier alpha value is -1.54. The molecule has 0 spiro atoms. The molecule has 1 unspecified atom stereocenters. The summed E-state index contributed by atoms with van der Waals surface area (Å²) in [6.07, 6.45) is -1.46. The summed E-state index contributed by atoms with van der Waals surface area (Å²) in [4.78, 5) is 20.8. The van der Waals surface area contributed by atoms with Gasteiger partial charge in [0.25, 0.3) is 5.91 Å². The third-order valence-corrected chi connectivity index (χ3v) is 1.23. The number of carboxylic acids is 1. The molecule has 5 heteroatoms. The van der Waals surface area contributed by atoms with Gasteiger partial charge in [0.2, 0.25) is 0 Å². The molecule has 0 aliphatic rings. The molecule has 0 fully saturated rings. The summed E-state index contributed by atoms with van der Waals surface area (Å²) in [7, 11) is 0. The van der Waals surface area contributed by atoms with Gasteiger partial charge >= 0.3 is 5.97 Å². The third kappa shape index (κ3) is 5.70. The molecule has 0 aromatic carbocycles. The summed E-state index contributed by atoms with van der Waals surface area (Å²) in [5.41, 5.74) is 0. The van der Waals surface area contributed by atoms with Crippen LogP contribution in [0.3, 0.4) is 0 Å². The van der Waals surface area contributed by atoms with Crippen molar-refractivity contribution < 1.29 is 19.8 Å². The first-order valence-corrected chi connectivity index (χ1v) is 3.69. The quantitative estimate of drug-likeness (QED) is 0.488. The Kier molecular flexibility index (Phi) is 5.32. The van der Waals surface area contributed by atoms with Crippen molar-refractivity contribution in [2.24, 2.45) is 0 Å². The first kappa shape index (κ1) is 11.5. The van der Waals surface area contributed by atoms with E-state index in [9.17, 15) is 9.59 Å². The van der Waals surface area contributed by atoms with E-state index >= 15 is 0 Å². The SMILES string of the molecule is CC#CC(=O)NCCC(O)C(=O)O. The Morgan fingerprint density at radius 2 is 2.15 bits per heavy atom. The van der Waals surface area contributed by atoms with E-state index in [0.29, 0.717) is 0 Å². The molecule has 1 amide bonds. The second-order valence-electron chi connectivity index (χ2n) is 2.27. The molecule has 0 aromatic rings. The Labute approximate surface area is 75.8 Å². The fourth-order valence-electron chi connectivity index (χ4n) is 0.604. The van der Waals surface area contributed by atoms with Crippen LogP contribution in [0.1, 0.15) is 13.3 Å². The van der Waals surface area contributed by atoms with Crippen molar-refractivity contribution in [3.63, 3.8) is 0 Å². The molecule has 0 saturated heterocycles. The second-order valence-corrected chi connectivity index (χ2v) is 2.27. The van der Waals surface area contributed by atoms with Crippen LogP contribution >= 0.6 is 0 Å². The van der Waals surface area contributed by atoms with Crippen LogP contribution in [-0.4, -0.2) is 34.7 Å². The molecule has 0 aliphatic carbocycles. The Morgan fingerprint density at radius 1 is 1.54 bits per heavy atom. The molecule has 0 saturated carbocycles. The highest BCUT2D eigenvalue weighted by Gasteiger charge is 2.12. The number of aliphatic carboxylic acids is 1. The van der Waals surface area contributed by atoms with Crippen LogP contribution in [-0.2, 0) is 9.59 Å². The van der Waals surface area contributed by atoms with Crippen molar-refractivity contribution in [3.8, 4) is 11.8 Å². The van der Waals surface area contributed by atoms with Crippen molar-refractivity contribution >= 4 is 11.9 Å². The highest BCUT2D eigenvalue weighted by atomic mass is 16.4. The first-order valence-electron chi connectivity index (χ1n) is 3.69. The Balaban J connectivity index is 3.60. The fraction of sp³-hybridized carbons (Fsp3) is 0.500. The number of carbonyl (C=O) groups excluding carboxylic acids is 1. The minimum Gasteiger partial charge on any atom is -0.479 e. The fourth-order valence-corrected chi connectivity index (χ4v) is 0.604. The van der Waals surface area contributed by atoms with Gasteiger partial charge in [-0.3, -0.25) is 4.79 Å². The monoisotopic (exact) mass is 185 g/mol. The lowest BCUT2D eigenvalue weighted by atomic mass is 10.2. The predicted molar refractivity (Wildman–Crippen MR) is 44.7 cm³/mol. The van der Waals surface area contributed by atoms with Crippen LogP contribution in [0.25, 0.3) is 0 Å². The van der Waals surface area contributed by atoms with E-state index in [-0.39, 0.29) is 13.0 Å². The van der Waals surface area contributed by atoms with Gasteiger partial charge < -0.3 is 15.5 Å². The van der Waals surface area contributed by atoms with Gasteiger partial charge in [0.05, 0.1) is 0 Å². The van der Waals surface area contributed by atoms with E-state index < -0.39 is 18.0 Å². The zero-order valence-electron chi connectivity index (χ0n) is 7.20. The number of nitrogens with one attached hydrogen (secondary N) is 1. The van der Waals surface area contributed by atoms with Gasteiger partial charge in [0.15, 0.2) is 6.10 Å². The van der Waals surface area contributed by atoms with E-state index in [1.54, 1.807) is 0 Å². The van der Waals surface area contributed by atoms with Crippen molar-refractivity contribution in [2.45, 2.75) is 19.4 Å². The maximum Gasteiger partial charge on any atom is 0.332 e. The summed E-state index contributed by atoms with van der Waals surface area (Å²) in [6.45, 7) is 1.62. The van der Waals surface area contributed by atoms with Gasteiger partial charge in [-0.05, 0) is 12.8 Å². The molecule has 3 N–H and O–H groups in total. The number of rotatable bonds is 4. The van der Waals surface area contributed by atoms with Crippen LogP contribution < -0.4 is 5.32 Å². The smallest absolute Gasteiger partial charge is 0.332 e. The normalized spacial score (nSPS) is 10.9. The minimum absolute atomic E-state index is 0.0214. The van der Waals surface area contributed by atoms with Crippen molar-refractivity contribution in [1.82, 2.24) is 5.32 Å². The lowest BCUT2D eigenvalue weighted by Crippen LogP contribution is -2.29. The molecule has 72 valence electrons. The van der Waals surface area contributed by atoms with Gasteiger partial charge in [0.1, 0.15) is 0 Å². The summed E-state index contributed by atoms with van der Waals surface area (Å²) < 4.78 is 0. The van der Waals surface area contributed by atoms with Gasteiger partial charge in [0, 0.05) is 13.0 Å². The van der Waals surface area contributed by atoms with Gasteiger partial charge in [-0.15, -0.1) is 0 Å². The number of carbonyl (C=O) groups is 2. The highest BCUT2D eigenvalue weighted by Crippen LogP contribution is 1.88. The Bertz CT molecular complexity index is 251. The van der Waals surface area contributed by atoms with Crippen molar-refractivity contribution in [1.29, 1.82) is 0 Å². The standard InChI is InChI=1S/C8H11NO4/c1-2-3-7(11)9-5-4-6(10)8(12)13/h6,10H,4-5H2,1H3,(H,9,11)(H,12,13). The molecule has 0 heterocycles. The van der Waals surface area contributed by atoms with Crippen LogP contribution in [0.4, 0.5) is 0 Å². The average molecular weight is 185 g/mol. The molecule has 0 rings (SSSR count). The lowest BCUT2D eigenvalue weighted by Gasteiger charge is -2.04. The molecular formula is C8H11NO4. The van der Waals surface area contributed by atoms with Gasteiger partial charge in [-0.1, -0.05) is 5.92 Å². The van der Waals surface area contributed by atoms with E-state index in [1.165, 1.54) is 6.92 Å². The first-order chi connectivity index (χ1) is 6.07. The number of carboxylic acid groups (broad SMARTS) is 1. The average Bonchev–Trinajstić information content (AvgIpc) is 2.04. The van der Waals surface area contributed by atoms with E-state index in [2.05, 4.69) is 17.2 Å². The molecule has 1 atom stereocenters. The summed E-state index contributed by atoms with van der Waals surface area (Å²) in [5, 5.41) is 19.4. The summed E-state index contributed by atoms with van der Waals surface area (Å²) in [5.74, 6) is 2.84. The predicted octanol–water partition coefficient (Wildman–Crippen LogP) is -1.04. The maximum atomic E-state index is 10.7. The van der Waals surface area contributed by atoms with Crippen LogP contribution in [0.2, 0.25) is 0 Å². The maximum absolute atomic E-state index is 10.7. The molecule has 13 heavy (non-hydrogen) atoms. The largest absolute Gasteiger partial charge is 0.479 e. The molecule has 0 radical (unpaired) electrons. The number of aliphatic hydroxyl groups excluding tert-OH is 1. The van der Waals surface area contributed by atoms with Gasteiger partial charge in [-0.25, -0.2) is 4.79 Å². The molecule has 0 aliphatic heterocycles. The number of aliphatic hydroxyl groups is 1. The van der Waals surface area contributed by atoms with Crippen LogP contribution in [0.5, 0.6) is 0 Å². The zero-order valence-corrected chi connectivity index (χ0v) is 7.20. The second kappa shape index (κ2) is 6.03. The Morgan fingerprint density at radius 3 is 2.62 bits per heavy atom. The van der Waals surface area contributed by atoms with Gasteiger partial charge in [-0.2, -0.15) is 0 Å². The number of hydrogen-bond acceptors (Lipinski definition) is 3.